The van der Waals surface area contributed by atoms with E-state index < -0.39 is 5.91 Å². The third-order valence-electron chi connectivity index (χ3n) is 4.07. The molecule has 0 unspecified atom stereocenters. The van der Waals surface area contributed by atoms with Crippen LogP contribution in [-0.2, 0) is 11.3 Å². The highest BCUT2D eigenvalue weighted by atomic mass is 35.5. The van der Waals surface area contributed by atoms with Crippen molar-refractivity contribution in [3.8, 4) is 17.2 Å². The molecule has 0 atom stereocenters. The SMILES string of the molecule is N#Cc1ccsc1NC(=O)Cn1cnc2scc(-c3ccc(Cl)cc3)c2c1=O. The molecule has 0 radical (unpaired) electrons. The lowest BCUT2D eigenvalue weighted by Crippen LogP contribution is -2.27. The van der Waals surface area contributed by atoms with Gasteiger partial charge in [-0.2, -0.15) is 5.26 Å². The Bertz CT molecular complexity index is 1280. The van der Waals surface area contributed by atoms with Gasteiger partial charge in [0.1, 0.15) is 22.4 Å². The highest BCUT2D eigenvalue weighted by Crippen LogP contribution is 2.31. The van der Waals surface area contributed by atoms with Gasteiger partial charge in [0.25, 0.3) is 5.56 Å². The van der Waals surface area contributed by atoms with E-state index in [0.29, 0.717) is 25.8 Å². The normalized spacial score (nSPS) is 10.7. The number of hydrogen-bond donors (Lipinski definition) is 1. The van der Waals surface area contributed by atoms with Gasteiger partial charge >= 0.3 is 0 Å². The molecule has 28 heavy (non-hydrogen) atoms. The Morgan fingerprint density at radius 1 is 1.25 bits per heavy atom. The number of halogens is 1. The molecule has 0 aliphatic heterocycles. The summed E-state index contributed by atoms with van der Waals surface area (Å²) >= 11 is 8.57. The lowest BCUT2D eigenvalue weighted by molar-refractivity contribution is -0.116. The molecule has 1 aromatic carbocycles. The van der Waals surface area contributed by atoms with Gasteiger partial charge in [0.15, 0.2) is 0 Å². The molecule has 3 heterocycles. The van der Waals surface area contributed by atoms with Crippen molar-refractivity contribution < 1.29 is 4.79 Å². The van der Waals surface area contributed by atoms with E-state index in [1.165, 1.54) is 33.6 Å². The Morgan fingerprint density at radius 3 is 2.79 bits per heavy atom. The highest BCUT2D eigenvalue weighted by Gasteiger charge is 2.15. The first kappa shape index (κ1) is 18.4. The highest BCUT2D eigenvalue weighted by molar-refractivity contribution is 7.17. The maximum Gasteiger partial charge on any atom is 0.263 e. The molecule has 9 heteroatoms. The molecule has 0 saturated heterocycles. The van der Waals surface area contributed by atoms with Gasteiger partial charge in [0, 0.05) is 16.0 Å². The number of carbonyl (C=O) groups is 1. The zero-order valence-corrected chi connectivity index (χ0v) is 16.6. The number of nitrogens with one attached hydrogen (secondary N) is 1. The fourth-order valence-electron chi connectivity index (χ4n) is 2.74. The Hall–Kier alpha value is -2.99. The van der Waals surface area contributed by atoms with Crippen LogP contribution < -0.4 is 10.9 Å². The van der Waals surface area contributed by atoms with Gasteiger partial charge in [-0.05, 0) is 29.1 Å². The van der Waals surface area contributed by atoms with Gasteiger partial charge in [0.2, 0.25) is 5.91 Å². The molecule has 0 saturated carbocycles. The predicted molar refractivity (Wildman–Crippen MR) is 112 cm³/mol. The number of hydrogen-bond acceptors (Lipinski definition) is 6. The average Bonchev–Trinajstić information content (AvgIpc) is 3.31. The second kappa shape index (κ2) is 7.56. The summed E-state index contributed by atoms with van der Waals surface area (Å²) in [5, 5.41) is 16.8. The van der Waals surface area contributed by atoms with E-state index in [1.54, 1.807) is 23.6 Å². The fourth-order valence-corrected chi connectivity index (χ4v) is 4.52. The van der Waals surface area contributed by atoms with Gasteiger partial charge in [-0.3, -0.25) is 14.2 Å². The van der Waals surface area contributed by atoms with E-state index in [2.05, 4.69) is 10.3 Å². The first-order valence-corrected chi connectivity index (χ1v) is 10.2. The van der Waals surface area contributed by atoms with Gasteiger partial charge < -0.3 is 5.32 Å². The Morgan fingerprint density at radius 2 is 2.04 bits per heavy atom. The van der Waals surface area contributed by atoms with Crippen molar-refractivity contribution in [2.75, 3.05) is 5.32 Å². The van der Waals surface area contributed by atoms with Crippen LogP contribution in [0.4, 0.5) is 5.00 Å². The summed E-state index contributed by atoms with van der Waals surface area (Å²) in [5.41, 5.74) is 1.71. The van der Waals surface area contributed by atoms with E-state index in [4.69, 9.17) is 16.9 Å². The van der Waals surface area contributed by atoms with E-state index in [1.807, 2.05) is 23.6 Å². The van der Waals surface area contributed by atoms with Crippen LogP contribution in [0.25, 0.3) is 21.3 Å². The summed E-state index contributed by atoms with van der Waals surface area (Å²) in [7, 11) is 0. The first-order chi connectivity index (χ1) is 13.6. The Labute approximate surface area is 172 Å². The van der Waals surface area contributed by atoms with Crippen molar-refractivity contribution in [2.45, 2.75) is 6.54 Å². The topological polar surface area (TPSA) is 87.8 Å². The van der Waals surface area contributed by atoms with E-state index in [-0.39, 0.29) is 12.1 Å². The molecule has 0 spiro atoms. The largest absolute Gasteiger partial charge is 0.315 e. The third-order valence-corrected chi connectivity index (χ3v) is 6.04. The van der Waals surface area contributed by atoms with Crippen molar-refractivity contribution in [1.82, 2.24) is 9.55 Å². The number of nitrogens with zero attached hydrogens (tertiary/aromatic N) is 3. The minimum Gasteiger partial charge on any atom is -0.315 e. The standard InChI is InChI=1S/C19H11ClN4O2S2/c20-13-3-1-11(2-4-13)14-9-28-18-16(14)19(26)24(10-22-18)8-15(25)23-17-12(7-21)5-6-27-17/h1-6,9-10H,8H2,(H,23,25). The maximum atomic E-state index is 13.0. The monoisotopic (exact) mass is 426 g/mol. The number of anilines is 1. The lowest BCUT2D eigenvalue weighted by atomic mass is 10.1. The fraction of sp³-hybridized carbons (Fsp3) is 0.0526. The summed E-state index contributed by atoms with van der Waals surface area (Å²) in [4.78, 5) is 30.3. The van der Waals surface area contributed by atoms with Crippen LogP contribution in [0.2, 0.25) is 5.02 Å². The average molecular weight is 427 g/mol. The van der Waals surface area contributed by atoms with Crippen molar-refractivity contribution in [1.29, 1.82) is 5.26 Å². The van der Waals surface area contributed by atoms with Crippen LogP contribution in [0, 0.1) is 11.3 Å². The third kappa shape index (κ3) is 3.43. The smallest absolute Gasteiger partial charge is 0.263 e. The number of benzene rings is 1. The minimum absolute atomic E-state index is 0.194. The molecule has 1 N–H and O–H groups in total. The van der Waals surface area contributed by atoms with Crippen molar-refractivity contribution in [3.63, 3.8) is 0 Å². The number of rotatable bonds is 4. The molecule has 0 fully saturated rings. The number of carbonyl (C=O) groups excluding carboxylic acids is 1. The van der Waals surface area contributed by atoms with Crippen molar-refractivity contribution >= 4 is 55.4 Å². The Kier molecular flexibility index (Phi) is 4.96. The number of thiophene rings is 2. The predicted octanol–water partition coefficient (Wildman–Crippen LogP) is 4.35. The molecular formula is C19H11ClN4O2S2. The van der Waals surface area contributed by atoms with Crippen LogP contribution in [0.1, 0.15) is 5.56 Å². The summed E-state index contributed by atoms with van der Waals surface area (Å²) in [6, 6.07) is 10.8. The molecule has 4 rings (SSSR count). The molecular weight excluding hydrogens is 416 g/mol. The quantitative estimate of drug-likeness (QED) is 0.525. The first-order valence-electron chi connectivity index (χ1n) is 8.07. The number of nitriles is 1. The van der Waals surface area contributed by atoms with Gasteiger partial charge in [-0.15, -0.1) is 22.7 Å². The van der Waals surface area contributed by atoms with Crippen LogP contribution in [0.15, 0.2) is 52.2 Å². The summed E-state index contributed by atoms with van der Waals surface area (Å²) < 4.78 is 1.27. The van der Waals surface area contributed by atoms with Crippen LogP contribution >= 0.6 is 34.3 Å². The summed E-state index contributed by atoms with van der Waals surface area (Å²) in [6.07, 6.45) is 1.37. The number of fused-ring (bicyclic) bond motifs is 1. The van der Waals surface area contributed by atoms with Crippen LogP contribution in [0.5, 0.6) is 0 Å². The van der Waals surface area contributed by atoms with Crippen LogP contribution in [0.3, 0.4) is 0 Å². The Balaban J connectivity index is 1.67. The number of aromatic nitrogens is 2. The van der Waals surface area contributed by atoms with Crippen molar-refractivity contribution in [2.24, 2.45) is 0 Å². The summed E-state index contributed by atoms with van der Waals surface area (Å²) in [5.74, 6) is -0.398. The molecule has 1 amide bonds. The zero-order valence-electron chi connectivity index (χ0n) is 14.2. The van der Waals surface area contributed by atoms with Crippen LogP contribution in [-0.4, -0.2) is 15.5 Å². The van der Waals surface area contributed by atoms with Gasteiger partial charge in [-0.1, -0.05) is 23.7 Å². The molecule has 3 aromatic heterocycles. The second-order valence-electron chi connectivity index (χ2n) is 5.84. The number of amides is 1. The molecule has 6 nitrogen and oxygen atoms in total. The van der Waals surface area contributed by atoms with E-state index in [9.17, 15) is 9.59 Å². The zero-order chi connectivity index (χ0) is 19.7. The lowest BCUT2D eigenvalue weighted by Gasteiger charge is -2.07. The maximum absolute atomic E-state index is 13.0. The molecule has 138 valence electrons. The molecule has 0 aliphatic carbocycles. The van der Waals surface area contributed by atoms with Gasteiger partial charge in [-0.25, -0.2) is 4.98 Å². The summed E-state index contributed by atoms with van der Waals surface area (Å²) in [6.45, 7) is -0.194. The molecule has 0 aliphatic rings. The van der Waals surface area contributed by atoms with E-state index >= 15 is 0 Å². The second-order valence-corrected chi connectivity index (χ2v) is 8.05. The molecule has 4 aromatic rings. The molecule has 0 bridgehead atoms. The minimum atomic E-state index is -0.398. The van der Waals surface area contributed by atoms with Crippen molar-refractivity contribution in [3.05, 3.63) is 68.4 Å². The van der Waals surface area contributed by atoms with Gasteiger partial charge in [0.05, 0.1) is 17.3 Å². The van der Waals surface area contributed by atoms with E-state index in [0.717, 1.165) is 11.1 Å².